The van der Waals surface area contributed by atoms with Gasteiger partial charge in [-0.2, -0.15) is 0 Å². The molecule has 0 aliphatic heterocycles. The molecule has 2 atom stereocenters. The molecule has 0 spiro atoms. The van der Waals surface area contributed by atoms with E-state index in [0.717, 1.165) is 18.4 Å². The van der Waals surface area contributed by atoms with Crippen LogP contribution in [0.1, 0.15) is 58.1 Å². The third kappa shape index (κ3) is 4.84. The van der Waals surface area contributed by atoms with Crippen LogP contribution in [-0.2, 0) is 0 Å². The highest BCUT2D eigenvalue weighted by Crippen LogP contribution is 2.23. The average molecular weight is 266 g/mol. The summed E-state index contributed by atoms with van der Waals surface area (Å²) in [5, 5.41) is 20.1. The second kappa shape index (κ2) is 7.51. The fourth-order valence-electron chi connectivity index (χ4n) is 2.08. The van der Waals surface area contributed by atoms with E-state index < -0.39 is 11.7 Å². The van der Waals surface area contributed by atoms with Gasteiger partial charge in [0, 0.05) is 0 Å². The van der Waals surface area contributed by atoms with Crippen molar-refractivity contribution in [2.24, 2.45) is 0 Å². The molecule has 0 aromatic heterocycles. The Morgan fingerprint density at radius 1 is 1.26 bits per heavy atom. The number of ether oxygens (including phenoxy) is 1. The summed E-state index contributed by atoms with van der Waals surface area (Å²) in [5.41, 5.74) is 0.101. The lowest BCUT2D eigenvalue weighted by Crippen LogP contribution is -2.35. The predicted molar refractivity (Wildman–Crippen MR) is 77.3 cm³/mol. The van der Waals surface area contributed by atoms with Gasteiger partial charge in [0.05, 0.1) is 11.7 Å². The maximum Gasteiger partial charge on any atom is 0.119 e. The normalized spacial score (nSPS) is 15.8. The Morgan fingerprint density at radius 3 is 2.58 bits per heavy atom. The summed E-state index contributed by atoms with van der Waals surface area (Å²) in [5.74, 6) is 0.702. The van der Waals surface area contributed by atoms with Gasteiger partial charge in [0.1, 0.15) is 12.4 Å². The molecule has 0 heterocycles. The minimum absolute atomic E-state index is 0.295. The summed E-state index contributed by atoms with van der Waals surface area (Å²) < 4.78 is 5.69. The van der Waals surface area contributed by atoms with Gasteiger partial charge in [0.2, 0.25) is 0 Å². The first-order chi connectivity index (χ1) is 9.04. The van der Waals surface area contributed by atoms with Crippen LogP contribution in [0.15, 0.2) is 24.3 Å². The van der Waals surface area contributed by atoms with E-state index >= 15 is 0 Å². The van der Waals surface area contributed by atoms with Crippen molar-refractivity contribution < 1.29 is 14.9 Å². The standard InChI is InChI=1S/C16H26O3/c1-4-10-16(18,6-3)12-19-14-9-7-8-13(11-14)15(17)5-2/h7-9,11,15,17-18H,4-6,10,12H2,1-3H3. The molecule has 0 aliphatic rings. The second-order valence-corrected chi connectivity index (χ2v) is 5.11. The molecule has 0 bridgehead atoms. The third-order valence-corrected chi connectivity index (χ3v) is 3.51. The molecule has 0 fully saturated rings. The first-order valence-corrected chi connectivity index (χ1v) is 7.17. The van der Waals surface area contributed by atoms with Crippen molar-refractivity contribution in [3.63, 3.8) is 0 Å². The predicted octanol–water partition coefficient (Wildman–Crippen LogP) is 3.45. The van der Waals surface area contributed by atoms with Crippen LogP contribution < -0.4 is 4.74 Å². The van der Waals surface area contributed by atoms with Gasteiger partial charge in [0.25, 0.3) is 0 Å². The highest BCUT2D eigenvalue weighted by atomic mass is 16.5. The van der Waals surface area contributed by atoms with Crippen molar-refractivity contribution in [1.29, 1.82) is 0 Å². The van der Waals surface area contributed by atoms with Crippen molar-refractivity contribution in [1.82, 2.24) is 0 Å². The molecule has 3 nitrogen and oxygen atoms in total. The molecular weight excluding hydrogens is 240 g/mol. The molecule has 1 rings (SSSR count). The van der Waals surface area contributed by atoms with E-state index in [0.29, 0.717) is 25.2 Å². The van der Waals surface area contributed by atoms with Crippen LogP contribution in [0.25, 0.3) is 0 Å². The maximum atomic E-state index is 10.3. The maximum absolute atomic E-state index is 10.3. The molecule has 0 amide bonds. The summed E-state index contributed by atoms with van der Waals surface area (Å²) in [6.07, 6.45) is 2.57. The quantitative estimate of drug-likeness (QED) is 0.757. The lowest BCUT2D eigenvalue weighted by Gasteiger charge is -2.26. The fraction of sp³-hybridized carbons (Fsp3) is 0.625. The number of hydrogen-bond acceptors (Lipinski definition) is 3. The summed E-state index contributed by atoms with van der Waals surface area (Å²) in [6, 6.07) is 7.46. The molecule has 1 aromatic carbocycles. The van der Waals surface area contributed by atoms with E-state index in [1.54, 1.807) is 0 Å². The Balaban J connectivity index is 2.67. The largest absolute Gasteiger partial charge is 0.491 e. The molecule has 0 saturated carbocycles. The van der Waals surface area contributed by atoms with Gasteiger partial charge in [0.15, 0.2) is 0 Å². The zero-order valence-corrected chi connectivity index (χ0v) is 12.2. The monoisotopic (exact) mass is 266 g/mol. The Hall–Kier alpha value is -1.06. The van der Waals surface area contributed by atoms with Gasteiger partial charge in [-0.25, -0.2) is 0 Å². The van der Waals surface area contributed by atoms with E-state index in [1.807, 2.05) is 38.1 Å². The van der Waals surface area contributed by atoms with Crippen LogP contribution in [0.5, 0.6) is 5.75 Å². The van der Waals surface area contributed by atoms with E-state index in [2.05, 4.69) is 6.92 Å². The van der Waals surface area contributed by atoms with Crippen LogP contribution >= 0.6 is 0 Å². The van der Waals surface area contributed by atoms with Gasteiger partial charge in [-0.05, 0) is 37.0 Å². The summed E-state index contributed by atoms with van der Waals surface area (Å²) >= 11 is 0. The van der Waals surface area contributed by atoms with Crippen molar-refractivity contribution in [3.8, 4) is 5.75 Å². The number of aliphatic hydroxyl groups excluding tert-OH is 1. The number of hydrogen-bond donors (Lipinski definition) is 2. The van der Waals surface area contributed by atoms with Crippen LogP contribution in [0, 0.1) is 0 Å². The smallest absolute Gasteiger partial charge is 0.119 e. The minimum atomic E-state index is -0.756. The average Bonchev–Trinajstić information content (AvgIpc) is 2.45. The van der Waals surface area contributed by atoms with Crippen LogP contribution in [0.2, 0.25) is 0 Å². The van der Waals surface area contributed by atoms with Crippen LogP contribution in [0.4, 0.5) is 0 Å². The van der Waals surface area contributed by atoms with Crippen molar-refractivity contribution in [2.45, 2.75) is 58.2 Å². The van der Waals surface area contributed by atoms with Crippen LogP contribution in [0.3, 0.4) is 0 Å². The van der Waals surface area contributed by atoms with Crippen molar-refractivity contribution in [3.05, 3.63) is 29.8 Å². The van der Waals surface area contributed by atoms with Gasteiger partial charge < -0.3 is 14.9 Å². The molecule has 0 radical (unpaired) electrons. The van der Waals surface area contributed by atoms with E-state index in [9.17, 15) is 10.2 Å². The number of aliphatic hydroxyl groups is 2. The van der Waals surface area contributed by atoms with Crippen molar-refractivity contribution >= 4 is 0 Å². The molecule has 2 unspecified atom stereocenters. The lowest BCUT2D eigenvalue weighted by molar-refractivity contribution is -0.0158. The Bertz CT molecular complexity index is 378. The zero-order valence-electron chi connectivity index (χ0n) is 12.2. The molecule has 1 aromatic rings. The summed E-state index contributed by atoms with van der Waals surface area (Å²) in [7, 11) is 0. The van der Waals surface area contributed by atoms with Gasteiger partial charge in [-0.3, -0.25) is 0 Å². The SMILES string of the molecule is CCCC(O)(CC)COc1cccc(C(O)CC)c1. The third-order valence-electron chi connectivity index (χ3n) is 3.51. The fourth-order valence-corrected chi connectivity index (χ4v) is 2.08. The first-order valence-electron chi connectivity index (χ1n) is 7.17. The highest BCUT2D eigenvalue weighted by Gasteiger charge is 2.24. The number of benzene rings is 1. The van der Waals surface area contributed by atoms with Crippen molar-refractivity contribution in [2.75, 3.05) is 6.61 Å². The topological polar surface area (TPSA) is 49.7 Å². The molecule has 19 heavy (non-hydrogen) atoms. The van der Waals surface area contributed by atoms with E-state index in [4.69, 9.17) is 4.74 Å². The first kappa shape index (κ1) is 16.0. The van der Waals surface area contributed by atoms with Gasteiger partial charge in [-0.1, -0.05) is 39.3 Å². The number of rotatable bonds is 8. The Kier molecular flexibility index (Phi) is 6.32. The molecule has 0 saturated heterocycles. The highest BCUT2D eigenvalue weighted by molar-refractivity contribution is 5.29. The lowest BCUT2D eigenvalue weighted by atomic mass is 9.96. The summed E-state index contributed by atoms with van der Waals surface area (Å²) in [6.45, 7) is 6.26. The molecule has 3 heteroatoms. The van der Waals surface area contributed by atoms with E-state index in [-0.39, 0.29) is 0 Å². The van der Waals surface area contributed by atoms with Gasteiger partial charge in [-0.15, -0.1) is 0 Å². The van der Waals surface area contributed by atoms with Crippen LogP contribution in [-0.4, -0.2) is 22.4 Å². The summed E-state index contributed by atoms with van der Waals surface area (Å²) in [4.78, 5) is 0. The molecule has 2 N–H and O–H groups in total. The van der Waals surface area contributed by atoms with E-state index in [1.165, 1.54) is 0 Å². The Morgan fingerprint density at radius 2 is 2.00 bits per heavy atom. The molecule has 108 valence electrons. The zero-order chi connectivity index (χ0) is 14.3. The molecule has 0 aliphatic carbocycles. The molecular formula is C16H26O3. The Labute approximate surface area is 116 Å². The van der Waals surface area contributed by atoms with Gasteiger partial charge >= 0.3 is 0 Å². The second-order valence-electron chi connectivity index (χ2n) is 5.11. The minimum Gasteiger partial charge on any atom is -0.491 e.